The predicted octanol–water partition coefficient (Wildman–Crippen LogP) is 2.47. The average molecular weight is 480 g/mol. The fraction of sp³-hybridized carbons (Fsp3) is 0.278. The van der Waals surface area contributed by atoms with Gasteiger partial charge in [0.05, 0.1) is 9.79 Å². The van der Waals surface area contributed by atoms with E-state index in [4.69, 9.17) is 0 Å². The number of rotatable bonds is 8. The smallest absolute Gasteiger partial charge is 0.343 e. The van der Waals surface area contributed by atoms with Gasteiger partial charge in [0.2, 0.25) is 10.0 Å². The molecular weight excluding hydrogens is 459 g/mol. The van der Waals surface area contributed by atoms with Gasteiger partial charge in [-0.2, -0.15) is 13.2 Å². The number of hydrogen-bond donors (Lipinski definition) is 3. The summed E-state index contributed by atoms with van der Waals surface area (Å²) in [5, 5.41) is 1.66. The monoisotopic (exact) mass is 479 g/mol. The molecule has 31 heavy (non-hydrogen) atoms. The Labute approximate surface area is 178 Å². The molecule has 0 aromatic heterocycles. The lowest BCUT2D eigenvalue weighted by Gasteiger charge is -2.12. The van der Waals surface area contributed by atoms with Gasteiger partial charge in [-0.1, -0.05) is 6.07 Å². The maximum atomic E-state index is 12.6. The lowest BCUT2D eigenvalue weighted by atomic mass is 10.2. The summed E-state index contributed by atoms with van der Waals surface area (Å²) in [5.41, 5.74) is -0.219. The molecule has 0 aliphatic rings. The number of anilines is 1. The van der Waals surface area contributed by atoms with Crippen molar-refractivity contribution < 1.29 is 34.8 Å². The van der Waals surface area contributed by atoms with E-state index in [1.807, 2.05) is 0 Å². The van der Waals surface area contributed by atoms with E-state index in [-0.39, 0.29) is 27.1 Å². The summed E-state index contributed by atoms with van der Waals surface area (Å²) in [6.07, 6.45) is -4.61. The number of alkyl halides is 3. The third-order valence-corrected chi connectivity index (χ3v) is 6.72. The van der Waals surface area contributed by atoms with Gasteiger partial charge < -0.3 is 5.32 Å². The zero-order valence-corrected chi connectivity index (χ0v) is 18.0. The second kappa shape index (κ2) is 9.24. The molecule has 0 saturated heterocycles. The number of halogens is 3. The Morgan fingerprint density at radius 3 is 2.10 bits per heavy atom. The summed E-state index contributed by atoms with van der Waals surface area (Å²) in [6, 6.07) is 9.06. The van der Waals surface area contributed by atoms with Crippen molar-refractivity contribution >= 4 is 31.6 Å². The molecule has 3 N–H and O–H groups in total. The third kappa shape index (κ3) is 7.22. The SMILES string of the molecule is CC(C)NS(=O)(=O)c1ccc(NS(=O)(=O)c2cccc(C(=O)NCC(F)(F)F)c2)cc1. The Kier molecular flexibility index (Phi) is 7.34. The molecule has 0 aliphatic carbocycles. The summed E-state index contributed by atoms with van der Waals surface area (Å²) < 4.78 is 90.7. The average Bonchev–Trinajstić information content (AvgIpc) is 2.65. The van der Waals surface area contributed by atoms with Crippen molar-refractivity contribution in [1.82, 2.24) is 10.0 Å². The first-order valence-electron chi connectivity index (χ1n) is 8.80. The van der Waals surface area contributed by atoms with Crippen molar-refractivity contribution in [2.75, 3.05) is 11.3 Å². The van der Waals surface area contributed by atoms with E-state index in [0.29, 0.717) is 0 Å². The fourth-order valence-electron chi connectivity index (χ4n) is 2.38. The minimum Gasteiger partial charge on any atom is -0.343 e. The highest BCUT2D eigenvalue weighted by Crippen LogP contribution is 2.20. The van der Waals surface area contributed by atoms with Crippen molar-refractivity contribution in [2.45, 2.75) is 35.9 Å². The summed E-state index contributed by atoms with van der Waals surface area (Å²) in [5.74, 6) is -1.08. The normalized spacial score (nSPS) is 12.6. The van der Waals surface area contributed by atoms with E-state index in [9.17, 15) is 34.8 Å². The number of benzene rings is 2. The van der Waals surface area contributed by atoms with E-state index >= 15 is 0 Å². The van der Waals surface area contributed by atoms with E-state index in [0.717, 1.165) is 12.1 Å². The molecule has 0 atom stereocenters. The number of carbonyl (C=O) groups is 1. The Morgan fingerprint density at radius 2 is 1.55 bits per heavy atom. The second-order valence-electron chi connectivity index (χ2n) is 6.73. The first kappa shape index (κ1) is 24.6. The minimum absolute atomic E-state index is 0.0513. The van der Waals surface area contributed by atoms with Gasteiger partial charge in [-0.25, -0.2) is 21.6 Å². The van der Waals surface area contributed by atoms with Crippen LogP contribution in [-0.2, 0) is 20.0 Å². The maximum absolute atomic E-state index is 12.6. The van der Waals surface area contributed by atoms with E-state index < -0.39 is 38.7 Å². The van der Waals surface area contributed by atoms with Crippen LogP contribution < -0.4 is 14.8 Å². The molecule has 0 heterocycles. The van der Waals surface area contributed by atoms with Crippen LogP contribution in [0.15, 0.2) is 58.3 Å². The highest BCUT2D eigenvalue weighted by atomic mass is 32.2. The fourth-order valence-corrected chi connectivity index (χ4v) is 4.74. The lowest BCUT2D eigenvalue weighted by Crippen LogP contribution is -2.33. The summed E-state index contributed by atoms with van der Waals surface area (Å²) in [7, 11) is -7.95. The Balaban J connectivity index is 2.19. The van der Waals surface area contributed by atoms with Gasteiger partial charge in [-0.3, -0.25) is 9.52 Å². The van der Waals surface area contributed by atoms with Gasteiger partial charge in [0.25, 0.3) is 15.9 Å². The Hall–Kier alpha value is -2.64. The number of nitrogens with one attached hydrogen (secondary N) is 3. The molecule has 0 fully saturated rings. The highest BCUT2D eigenvalue weighted by molar-refractivity contribution is 7.92. The van der Waals surface area contributed by atoms with Gasteiger partial charge in [0, 0.05) is 17.3 Å². The molecule has 0 bridgehead atoms. The topological polar surface area (TPSA) is 121 Å². The number of carbonyl (C=O) groups excluding carboxylic acids is 1. The number of sulfonamides is 2. The molecular formula is C18H20F3N3O5S2. The first-order chi connectivity index (χ1) is 14.2. The van der Waals surface area contributed by atoms with Crippen LogP contribution in [0.2, 0.25) is 0 Å². The number of hydrogen-bond acceptors (Lipinski definition) is 5. The van der Waals surface area contributed by atoms with Crippen molar-refractivity contribution in [3.63, 3.8) is 0 Å². The van der Waals surface area contributed by atoms with E-state index in [2.05, 4.69) is 9.44 Å². The quantitative estimate of drug-likeness (QED) is 0.537. The van der Waals surface area contributed by atoms with E-state index in [1.165, 1.54) is 36.4 Å². The largest absolute Gasteiger partial charge is 0.405 e. The Morgan fingerprint density at radius 1 is 0.935 bits per heavy atom. The zero-order valence-electron chi connectivity index (χ0n) is 16.4. The van der Waals surface area contributed by atoms with Crippen LogP contribution in [0.25, 0.3) is 0 Å². The molecule has 0 unspecified atom stereocenters. The van der Waals surface area contributed by atoms with Crippen molar-refractivity contribution in [1.29, 1.82) is 0 Å². The summed E-state index contributed by atoms with van der Waals surface area (Å²) in [4.78, 5) is 11.4. The molecule has 0 radical (unpaired) electrons. The standard InChI is InChI=1S/C18H20F3N3O5S2/c1-12(2)23-30(26,27)15-8-6-14(7-9-15)24-31(28,29)16-5-3-4-13(10-16)17(25)22-11-18(19,20)21/h3-10,12,23-24H,11H2,1-2H3,(H,22,25). The molecule has 13 heteroatoms. The van der Waals surface area contributed by atoms with Crippen LogP contribution in [0.4, 0.5) is 18.9 Å². The lowest BCUT2D eigenvalue weighted by molar-refractivity contribution is -0.123. The van der Waals surface area contributed by atoms with Crippen molar-refractivity contribution in [3.8, 4) is 0 Å². The van der Waals surface area contributed by atoms with Crippen LogP contribution in [-0.4, -0.2) is 41.5 Å². The number of amides is 1. The van der Waals surface area contributed by atoms with Crippen molar-refractivity contribution in [2.24, 2.45) is 0 Å². The molecule has 170 valence electrons. The minimum atomic E-state index is -4.61. The maximum Gasteiger partial charge on any atom is 0.405 e. The third-order valence-electron chi connectivity index (χ3n) is 3.66. The zero-order chi connectivity index (χ0) is 23.4. The molecule has 2 rings (SSSR count). The van der Waals surface area contributed by atoms with Crippen LogP contribution >= 0.6 is 0 Å². The van der Waals surface area contributed by atoms with Gasteiger partial charge in [-0.05, 0) is 56.3 Å². The van der Waals surface area contributed by atoms with Gasteiger partial charge in [0.1, 0.15) is 6.54 Å². The highest BCUT2D eigenvalue weighted by Gasteiger charge is 2.28. The molecule has 2 aromatic carbocycles. The molecule has 2 aromatic rings. The van der Waals surface area contributed by atoms with Crippen LogP contribution in [0.1, 0.15) is 24.2 Å². The molecule has 0 spiro atoms. The molecule has 0 aliphatic heterocycles. The van der Waals surface area contributed by atoms with Crippen molar-refractivity contribution in [3.05, 3.63) is 54.1 Å². The van der Waals surface area contributed by atoms with Crippen LogP contribution in [0, 0.1) is 0 Å². The predicted molar refractivity (Wildman–Crippen MR) is 108 cm³/mol. The molecule has 0 saturated carbocycles. The first-order valence-corrected chi connectivity index (χ1v) is 11.8. The molecule has 8 nitrogen and oxygen atoms in total. The summed E-state index contributed by atoms with van der Waals surface area (Å²) >= 11 is 0. The van der Waals surface area contributed by atoms with Gasteiger partial charge in [0.15, 0.2) is 0 Å². The van der Waals surface area contributed by atoms with Crippen LogP contribution in [0.3, 0.4) is 0 Å². The van der Waals surface area contributed by atoms with Gasteiger partial charge in [-0.15, -0.1) is 0 Å². The second-order valence-corrected chi connectivity index (χ2v) is 10.1. The van der Waals surface area contributed by atoms with E-state index in [1.54, 1.807) is 19.2 Å². The van der Waals surface area contributed by atoms with Gasteiger partial charge >= 0.3 is 6.18 Å². The van der Waals surface area contributed by atoms with Crippen LogP contribution in [0.5, 0.6) is 0 Å². The molecule has 1 amide bonds. The Bertz CT molecular complexity index is 1150. The summed E-state index contributed by atoms with van der Waals surface area (Å²) in [6.45, 7) is 1.75.